The van der Waals surface area contributed by atoms with Crippen molar-refractivity contribution in [3.05, 3.63) is 34.4 Å². The number of hydrogen-bond acceptors (Lipinski definition) is 5. The molecule has 0 bridgehead atoms. The van der Waals surface area contributed by atoms with Gasteiger partial charge in [-0.1, -0.05) is 19.9 Å². The molecule has 0 fully saturated rings. The van der Waals surface area contributed by atoms with Crippen molar-refractivity contribution in [2.24, 2.45) is 5.92 Å². The number of nitro benzene ring substituents is 1. The van der Waals surface area contributed by atoms with Gasteiger partial charge in [0, 0.05) is 17.8 Å². The topological polar surface area (TPSA) is 98.5 Å². The first kappa shape index (κ1) is 15.6. The molecule has 0 aliphatic heterocycles. The monoisotopic (exact) mass is 280 g/mol. The largest absolute Gasteiger partial charge is 0.452 e. The van der Waals surface area contributed by atoms with Crippen LogP contribution in [0.3, 0.4) is 0 Å². The van der Waals surface area contributed by atoms with Gasteiger partial charge in [-0.2, -0.15) is 0 Å². The zero-order valence-electron chi connectivity index (χ0n) is 11.5. The van der Waals surface area contributed by atoms with E-state index >= 15 is 0 Å². The first-order valence-corrected chi connectivity index (χ1v) is 6.07. The molecular formula is C13H16N2O5. The minimum absolute atomic E-state index is 0.130. The van der Waals surface area contributed by atoms with Crippen LogP contribution in [0.25, 0.3) is 0 Å². The van der Waals surface area contributed by atoms with Gasteiger partial charge in [-0.25, -0.2) is 0 Å². The van der Waals surface area contributed by atoms with Gasteiger partial charge in [0.2, 0.25) is 0 Å². The number of nitrogens with zero attached hydrogens (tertiary/aromatic N) is 1. The molecule has 1 aromatic carbocycles. The van der Waals surface area contributed by atoms with Crippen LogP contribution >= 0.6 is 0 Å². The quantitative estimate of drug-likeness (QED) is 0.506. The van der Waals surface area contributed by atoms with Gasteiger partial charge in [0.25, 0.3) is 11.6 Å². The number of carbonyl (C=O) groups excluding carboxylic acids is 2. The number of benzene rings is 1. The standard InChI is InChI=1S/C13H16N2O5/c1-8(2)13(17)20-9(3)12(16)14-10-5-4-6-11(7-10)15(18)19/h4-9H,1-3H3,(H,14,16). The summed E-state index contributed by atoms with van der Waals surface area (Å²) in [5.74, 6) is -1.35. The summed E-state index contributed by atoms with van der Waals surface area (Å²) in [4.78, 5) is 33.2. The van der Waals surface area contributed by atoms with Crippen LogP contribution in [0.2, 0.25) is 0 Å². The lowest BCUT2D eigenvalue weighted by Gasteiger charge is -2.14. The summed E-state index contributed by atoms with van der Waals surface area (Å²) >= 11 is 0. The molecule has 0 radical (unpaired) electrons. The van der Waals surface area contributed by atoms with Gasteiger partial charge >= 0.3 is 5.97 Å². The Labute approximate surface area is 116 Å². The Morgan fingerprint density at radius 2 is 1.95 bits per heavy atom. The Morgan fingerprint density at radius 3 is 2.50 bits per heavy atom. The highest BCUT2D eigenvalue weighted by molar-refractivity contribution is 5.95. The van der Waals surface area contributed by atoms with Crippen molar-refractivity contribution in [1.29, 1.82) is 0 Å². The summed E-state index contributed by atoms with van der Waals surface area (Å²) in [7, 11) is 0. The summed E-state index contributed by atoms with van der Waals surface area (Å²) in [6.45, 7) is 4.76. The Kier molecular flexibility index (Phi) is 5.19. The minimum atomic E-state index is -0.968. The number of esters is 1. The fourth-order valence-electron chi connectivity index (χ4n) is 1.30. The molecule has 108 valence electrons. The molecule has 1 N–H and O–H groups in total. The van der Waals surface area contributed by atoms with Crippen LogP contribution in [0.1, 0.15) is 20.8 Å². The smallest absolute Gasteiger partial charge is 0.309 e. The number of nitro groups is 1. The van der Waals surface area contributed by atoms with Crippen molar-refractivity contribution < 1.29 is 19.2 Å². The van der Waals surface area contributed by atoms with Crippen LogP contribution < -0.4 is 5.32 Å². The highest BCUT2D eigenvalue weighted by Crippen LogP contribution is 2.17. The zero-order chi connectivity index (χ0) is 15.3. The van der Waals surface area contributed by atoms with E-state index in [2.05, 4.69) is 5.32 Å². The molecule has 1 amide bonds. The SMILES string of the molecule is CC(C)C(=O)OC(C)C(=O)Nc1cccc([N+](=O)[O-])c1. The van der Waals surface area contributed by atoms with Crippen LogP contribution in [0.15, 0.2) is 24.3 Å². The predicted molar refractivity (Wildman–Crippen MR) is 72.1 cm³/mol. The highest BCUT2D eigenvalue weighted by atomic mass is 16.6. The van der Waals surface area contributed by atoms with E-state index in [1.54, 1.807) is 13.8 Å². The molecule has 1 unspecified atom stereocenters. The van der Waals surface area contributed by atoms with Gasteiger partial charge in [0.1, 0.15) is 0 Å². The molecule has 7 nitrogen and oxygen atoms in total. The van der Waals surface area contributed by atoms with E-state index in [0.717, 1.165) is 0 Å². The predicted octanol–water partition coefficient (Wildman–Crippen LogP) is 2.12. The van der Waals surface area contributed by atoms with Crippen LogP contribution in [0.5, 0.6) is 0 Å². The zero-order valence-corrected chi connectivity index (χ0v) is 11.5. The third-order valence-electron chi connectivity index (χ3n) is 2.46. The molecule has 0 spiro atoms. The van der Waals surface area contributed by atoms with Gasteiger partial charge in [0.05, 0.1) is 10.8 Å². The number of carbonyl (C=O) groups is 2. The number of nitrogens with one attached hydrogen (secondary N) is 1. The number of rotatable bonds is 5. The van der Waals surface area contributed by atoms with Crippen LogP contribution in [-0.4, -0.2) is 22.9 Å². The molecule has 1 aromatic rings. The Hall–Kier alpha value is -2.44. The molecule has 7 heteroatoms. The number of anilines is 1. The third kappa shape index (κ3) is 4.34. The van der Waals surface area contributed by atoms with Gasteiger partial charge in [-0.05, 0) is 13.0 Å². The van der Waals surface area contributed by atoms with Crippen LogP contribution in [0.4, 0.5) is 11.4 Å². The Morgan fingerprint density at radius 1 is 1.30 bits per heavy atom. The molecule has 0 saturated carbocycles. The first-order chi connectivity index (χ1) is 9.31. The van der Waals surface area contributed by atoms with Gasteiger partial charge in [-0.15, -0.1) is 0 Å². The summed E-state index contributed by atoms with van der Waals surface area (Å²) in [5.41, 5.74) is 0.145. The normalized spacial score (nSPS) is 11.8. The number of hydrogen-bond donors (Lipinski definition) is 1. The van der Waals surface area contributed by atoms with E-state index < -0.39 is 22.9 Å². The fourth-order valence-corrected chi connectivity index (χ4v) is 1.30. The van der Waals surface area contributed by atoms with Gasteiger partial charge in [0.15, 0.2) is 6.10 Å². The number of ether oxygens (including phenoxy) is 1. The molecule has 0 heterocycles. The van der Waals surface area contributed by atoms with Crippen molar-refractivity contribution in [1.82, 2.24) is 0 Å². The summed E-state index contributed by atoms with van der Waals surface area (Å²) in [6, 6.07) is 5.52. The molecule has 0 aromatic heterocycles. The molecule has 20 heavy (non-hydrogen) atoms. The number of amides is 1. The summed E-state index contributed by atoms with van der Waals surface area (Å²) in [6.07, 6.45) is -0.968. The van der Waals surface area contributed by atoms with Crippen molar-refractivity contribution in [2.75, 3.05) is 5.32 Å². The lowest BCUT2D eigenvalue weighted by Crippen LogP contribution is -2.31. The van der Waals surface area contributed by atoms with Crippen molar-refractivity contribution >= 4 is 23.3 Å². The molecule has 0 aliphatic rings. The van der Waals surface area contributed by atoms with Gasteiger partial charge in [-0.3, -0.25) is 19.7 Å². The maximum atomic E-state index is 11.8. The molecule has 1 rings (SSSR count). The minimum Gasteiger partial charge on any atom is -0.452 e. The second-order valence-corrected chi connectivity index (χ2v) is 4.53. The lowest BCUT2D eigenvalue weighted by molar-refractivity contribution is -0.384. The van der Waals surface area contributed by atoms with E-state index in [9.17, 15) is 19.7 Å². The van der Waals surface area contributed by atoms with E-state index in [0.29, 0.717) is 0 Å². The maximum Gasteiger partial charge on any atom is 0.309 e. The molecule has 1 atom stereocenters. The van der Waals surface area contributed by atoms with E-state index in [1.807, 2.05) is 0 Å². The average Bonchev–Trinajstić information content (AvgIpc) is 2.38. The van der Waals surface area contributed by atoms with Crippen molar-refractivity contribution in [3.8, 4) is 0 Å². The second-order valence-electron chi connectivity index (χ2n) is 4.53. The fraction of sp³-hybridized carbons (Fsp3) is 0.385. The maximum absolute atomic E-state index is 11.8. The van der Waals surface area contributed by atoms with Crippen molar-refractivity contribution in [3.63, 3.8) is 0 Å². The lowest BCUT2D eigenvalue weighted by atomic mass is 10.2. The van der Waals surface area contributed by atoms with E-state index in [4.69, 9.17) is 4.74 Å². The van der Waals surface area contributed by atoms with E-state index in [1.165, 1.54) is 31.2 Å². The third-order valence-corrected chi connectivity index (χ3v) is 2.46. The first-order valence-electron chi connectivity index (χ1n) is 6.07. The Bertz CT molecular complexity index is 527. The summed E-state index contributed by atoms with van der Waals surface area (Å²) < 4.78 is 4.94. The second kappa shape index (κ2) is 6.65. The van der Waals surface area contributed by atoms with E-state index in [-0.39, 0.29) is 17.3 Å². The van der Waals surface area contributed by atoms with Crippen molar-refractivity contribution in [2.45, 2.75) is 26.9 Å². The average molecular weight is 280 g/mol. The summed E-state index contributed by atoms with van der Waals surface area (Å²) in [5, 5.41) is 13.1. The van der Waals surface area contributed by atoms with Gasteiger partial charge < -0.3 is 10.1 Å². The number of non-ortho nitro benzene ring substituents is 1. The molecular weight excluding hydrogens is 264 g/mol. The Balaban J connectivity index is 2.68. The molecule has 0 saturated heterocycles. The van der Waals surface area contributed by atoms with Crippen LogP contribution in [-0.2, 0) is 14.3 Å². The van der Waals surface area contributed by atoms with Crippen LogP contribution in [0, 0.1) is 16.0 Å². The molecule has 0 aliphatic carbocycles. The highest BCUT2D eigenvalue weighted by Gasteiger charge is 2.20.